The molecule has 2 atom stereocenters. The summed E-state index contributed by atoms with van der Waals surface area (Å²) in [6.07, 6.45) is 0.970. The highest BCUT2D eigenvalue weighted by Gasteiger charge is 2.34. The minimum Gasteiger partial charge on any atom is -0.349 e. The van der Waals surface area contributed by atoms with E-state index < -0.39 is 9.05 Å². The monoisotopic (exact) mass is 301 g/mol. The van der Waals surface area contributed by atoms with Gasteiger partial charge in [0.05, 0.1) is 4.90 Å². The van der Waals surface area contributed by atoms with Gasteiger partial charge in [-0.15, -0.1) is 0 Å². The number of rotatable bonds is 3. The Morgan fingerprint density at radius 1 is 1.32 bits per heavy atom. The minimum absolute atomic E-state index is 0.00578. The van der Waals surface area contributed by atoms with E-state index in [1.807, 2.05) is 0 Å². The molecule has 2 rings (SSSR count). The molecule has 1 saturated carbocycles. The molecule has 1 aromatic carbocycles. The van der Waals surface area contributed by atoms with Crippen molar-refractivity contribution >= 4 is 25.6 Å². The number of amides is 1. The van der Waals surface area contributed by atoms with E-state index in [0.717, 1.165) is 12.0 Å². The summed E-state index contributed by atoms with van der Waals surface area (Å²) in [5, 5.41) is 2.88. The van der Waals surface area contributed by atoms with Crippen molar-refractivity contribution < 1.29 is 13.2 Å². The lowest BCUT2D eigenvalue weighted by atomic mass is 10.1. The summed E-state index contributed by atoms with van der Waals surface area (Å²) in [6, 6.07) is 3.22. The van der Waals surface area contributed by atoms with Gasteiger partial charge in [0, 0.05) is 22.3 Å². The summed E-state index contributed by atoms with van der Waals surface area (Å²) in [7, 11) is 1.54. The zero-order chi connectivity index (χ0) is 14.4. The molecule has 1 aliphatic rings. The predicted molar refractivity (Wildman–Crippen MR) is 74.0 cm³/mol. The van der Waals surface area contributed by atoms with E-state index in [1.165, 1.54) is 6.07 Å². The van der Waals surface area contributed by atoms with Crippen LogP contribution >= 0.6 is 10.7 Å². The molecule has 1 fully saturated rings. The van der Waals surface area contributed by atoms with Crippen molar-refractivity contribution in [3.63, 3.8) is 0 Å². The van der Waals surface area contributed by atoms with Crippen LogP contribution < -0.4 is 5.32 Å². The van der Waals surface area contributed by atoms with Crippen LogP contribution in [0.3, 0.4) is 0 Å². The van der Waals surface area contributed by atoms with E-state index >= 15 is 0 Å². The average Bonchev–Trinajstić information content (AvgIpc) is 2.91. The van der Waals surface area contributed by atoms with Crippen molar-refractivity contribution in [1.82, 2.24) is 5.32 Å². The summed E-state index contributed by atoms with van der Waals surface area (Å²) in [6.45, 7) is 5.50. The molecule has 0 heterocycles. The maximum Gasteiger partial charge on any atom is 0.261 e. The van der Waals surface area contributed by atoms with Gasteiger partial charge in [0.25, 0.3) is 15.0 Å². The van der Waals surface area contributed by atoms with Crippen LogP contribution in [0, 0.1) is 19.8 Å². The number of halogens is 1. The highest BCUT2D eigenvalue weighted by atomic mass is 35.7. The van der Waals surface area contributed by atoms with Gasteiger partial charge in [-0.2, -0.15) is 0 Å². The summed E-state index contributed by atoms with van der Waals surface area (Å²) >= 11 is 0. The molecule has 2 unspecified atom stereocenters. The Morgan fingerprint density at radius 3 is 2.37 bits per heavy atom. The van der Waals surface area contributed by atoms with Gasteiger partial charge in [0.1, 0.15) is 0 Å². The fourth-order valence-electron chi connectivity index (χ4n) is 2.11. The van der Waals surface area contributed by atoms with Gasteiger partial charge < -0.3 is 5.32 Å². The van der Waals surface area contributed by atoms with E-state index in [4.69, 9.17) is 10.7 Å². The molecule has 19 heavy (non-hydrogen) atoms. The van der Waals surface area contributed by atoms with E-state index in [2.05, 4.69) is 12.2 Å². The van der Waals surface area contributed by atoms with Gasteiger partial charge in [-0.1, -0.05) is 13.0 Å². The van der Waals surface area contributed by atoms with Crippen LogP contribution in [0.5, 0.6) is 0 Å². The molecule has 1 aliphatic carbocycles. The van der Waals surface area contributed by atoms with E-state index in [9.17, 15) is 13.2 Å². The Kier molecular flexibility index (Phi) is 3.62. The third-order valence-electron chi connectivity index (χ3n) is 3.46. The van der Waals surface area contributed by atoms with Crippen molar-refractivity contribution in [2.75, 3.05) is 0 Å². The van der Waals surface area contributed by atoms with Crippen LogP contribution in [0.15, 0.2) is 17.0 Å². The fraction of sp³-hybridized carbons (Fsp3) is 0.462. The van der Waals surface area contributed by atoms with Crippen LogP contribution in [0.2, 0.25) is 0 Å². The molecule has 0 radical (unpaired) electrons. The summed E-state index contributed by atoms with van der Waals surface area (Å²) in [5.41, 5.74) is 1.65. The Hall–Kier alpha value is -1.07. The lowest BCUT2D eigenvalue weighted by molar-refractivity contribution is 0.0948. The SMILES string of the molecule is Cc1cc(C)c(S(=O)(=O)Cl)cc1C(=O)NC1CC1C. The smallest absolute Gasteiger partial charge is 0.261 e. The molecule has 0 spiro atoms. The third kappa shape index (κ3) is 3.09. The van der Waals surface area contributed by atoms with E-state index in [-0.39, 0.29) is 16.8 Å². The second kappa shape index (κ2) is 4.80. The fourth-order valence-corrected chi connectivity index (χ4v) is 3.31. The molecular weight excluding hydrogens is 286 g/mol. The van der Waals surface area contributed by atoms with Crippen LogP contribution in [0.1, 0.15) is 34.8 Å². The second-order valence-electron chi connectivity index (χ2n) is 5.16. The Labute approximate surface area is 117 Å². The second-order valence-corrected chi connectivity index (χ2v) is 7.70. The molecule has 4 nitrogen and oxygen atoms in total. The zero-order valence-electron chi connectivity index (χ0n) is 11.0. The molecule has 0 aliphatic heterocycles. The lowest BCUT2D eigenvalue weighted by Crippen LogP contribution is -2.27. The largest absolute Gasteiger partial charge is 0.349 e. The van der Waals surface area contributed by atoms with Crippen LogP contribution in [0.25, 0.3) is 0 Å². The predicted octanol–water partition coefficient (Wildman–Crippen LogP) is 2.37. The highest BCUT2D eigenvalue weighted by molar-refractivity contribution is 8.13. The lowest BCUT2D eigenvalue weighted by Gasteiger charge is -2.10. The maximum absolute atomic E-state index is 12.1. The normalized spacial score (nSPS) is 22.1. The molecule has 0 bridgehead atoms. The van der Waals surface area contributed by atoms with Crippen molar-refractivity contribution in [3.05, 3.63) is 28.8 Å². The number of carbonyl (C=O) groups is 1. The first-order chi connectivity index (χ1) is 8.70. The van der Waals surface area contributed by atoms with Gasteiger partial charge in [-0.3, -0.25) is 4.79 Å². The van der Waals surface area contributed by atoms with Gasteiger partial charge in [0.15, 0.2) is 0 Å². The van der Waals surface area contributed by atoms with Crippen molar-refractivity contribution in [2.24, 2.45) is 5.92 Å². The summed E-state index contributed by atoms with van der Waals surface area (Å²) in [5.74, 6) is 0.249. The summed E-state index contributed by atoms with van der Waals surface area (Å²) < 4.78 is 22.9. The van der Waals surface area contributed by atoms with Gasteiger partial charge in [-0.25, -0.2) is 8.42 Å². The Morgan fingerprint density at radius 2 is 1.89 bits per heavy atom. The molecule has 1 aromatic rings. The standard InChI is InChI=1S/C13H16ClNO3S/c1-7-4-9(3)12(19(14,17)18)6-10(7)13(16)15-11-5-8(11)2/h4,6,8,11H,5H2,1-3H3,(H,15,16). The minimum atomic E-state index is -3.84. The molecule has 104 valence electrons. The number of hydrogen-bond donors (Lipinski definition) is 1. The highest BCUT2D eigenvalue weighted by Crippen LogP contribution is 2.30. The van der Waals surface area contributed by atoms with Gasteiger partial charge in [-0.05, 0) is 43.4 Å². The van der Waals surface area contributed by atoms with Gasteiger partial charge >= 0.3 is 0 Å². The maximum atomic E-state index is 12.1. The first-order valence-corrected chi connectivity index (χ1v) is 8.38. The van der Waals surface area contributed by atoms with Gasteiger partial charge in [0.2, 0.25) is 0 Å². The topological polar surface area (TPSA) is 63.2 Å². The quantitative estimate of drug-likeness (QED) is 0.872. The van der Waals surface area contributed by atoms with Crippen molar-refractivity contribution in [2.45, 2.75) is 38.1 Å². The third-order valence-corrected chi connectivity index (χ3v) is 4.92. The molecule has 6 heteroatoms. The van der Waals surface area contributed by atoms with Crippen molar-refractivity contribution in [3.8, 4) is 0 Å². The summed E-state index contributed by atoms with van der Waals surface area (Å²) in [4.78, 5) is 12.1. The molecule has 0 aromatic heterocycles. The number of aryl methyl sites for hydroxylation is 2. The zero-order valence-corrected chi connectivity index (χ0v) is 12.6. The van der Waals surface area contributed by atoms with E-state index in [0.29, 0.717) is 17.0 Å². The number of benzene rings is 1. The Balaban J connectivity index is 2.37. The van der Waals surface area contributed by atoms with Crippen LogP contribution in [-0.2, 0) is 9.05 Å². The first kappa shape index (κ1) is 14.3. The average molecular weight is 302 g/mol. The number of hydrogen-bond acceptors (Lipinski definition) is 3. The van der Waals surface area contributed by atoms with E-state index in [1.54, 1.807) is 19.9 Å². The van der Waals surface area contributed by atoms with Crippen LogP contribution in [-0.4, -0.2) is 20.4 Å². The molecular formula is C13H16ClNO3S. The molecule has 0 saturated heterocycles. The van der Waals surface area contributed by atoms with Crippen molar-refractivity contribution in [1.29, 1.82) is 0 Å². The number of carbonyl (C=O) groups excluding carboxylic acids is 1. The number of nitrogens with one attached hydrogen (secondary N) is 1. The van der Waals surface area contributed by atoms with Crippen LogP contribution in [0.4, 0.5) is 0 Å². The first-order valence-electron chi connectivity index (χ1n) is 6.07. The molecule has 1 amide bonds. The molecule has 1 N–H and O–H groups in total. The Bertz CT molecular complexity index is 640.